The van der Waals surface area contributed by atoms with Gasteiger partial charge in [0.05, 0.1) is 0 Å². The van der Waals surface area contributed by atoms with Gasteiger partial charge in [0.1, 0.15) is 10.7 Å². The van der Waals surface area contributed by atoms with E-state index in [0.717, 1.165) is 5.56 Å². The Labute approximate surface area is 153 Å². The lowest BCUT2D eigenvalue weighted by Gasteiger charge is -2.05. The molecule has 0 saturated heterocycles. The maximum atomic E-state index is 12.5. The highest BCUT2D eigenvalue weighted by Crippen LogP contribution is 2.36. The van der Waals surface area contributed by atoms with Gasteiger partial charge in [0.25, 0.3) is 5.91 Å². The van der Waals surface area contributed by atoms with Crippen molar-refractivity contribution in [2.24, 2.45) is 0 Å². The van der Waals surface area contributed by atoms with Gasteiger partial charge in [-0.15, -0.1) is 0 Å². The number of thiazole rings is 1. The van der Waals surface area contributed by atoms with E-state index in [1.54, 1.807) is 24.3 Å². The minimum absolute atomic E-state index is 0.219. The van der Waals surface area contributed by atoms with Crippen LogP contribution in [0.2, 0.25) is 5.02 Å². The SMILES string of the molecule is CC(=O)Nc1nc(-c2ccccc2)c(NC(=O)c2ccc(Cl)cc2)s1. The minimum Gasteiger partial charge on any atom is -0.312 e. The Morgan fingerprint density at radius 1 is 1.00 bits per heavy atom. The standard InChI is InChI=1S/C18H14ClN3O2S/c1-11(23)20-18-21-15(12-5-3-2-4-6-12)17(25-18)22-16(24)13-7-9-14(19)10-8-13/h2-10H,1H3,(H,22,24)(H,20,21,23). The van der Waals surface area contributed by atoms with Crippen LogP contribution >= 0.6 is 22.9 Å². The van der Waals surface area contributed by atoms with E-state index < -0.39 is 0 Å². The molecule has 0 spiro atoms. The molecule has 0 aliphatic rings. The van der Waals surface area contributed by atoms with Crippen molar-refractivity contribution in [2.75, 3.05) is 10.6 Å². The second-order valence-corrected chi connectivity index (χ2v) is 6.64. The third-order valence-electron chi connectivity index (χ3n) is 3.29. The molecule has 0 fully saturated rings. The first kappa shape index (κ1) is 17.1. The predicted octanol–water partition coefficient (Wildman–Crippen LogP) is 4.67. The number of nitrogens with zero attached hydrogens (tertiary/aromatic N) is 1. The van der Waals surface area contributed by atoms with Crippen molar-refractivity contribution in [3.8, 4) is 11.3 Å². The zero-order chi connectivity index (χ0) is 17.8. The summed E-state index contributed by atoms with van der Waals surface area (Å²) >= 11 is 7.06. The molecule has 0 aliphatic heterocycles. The smallest absolute Gasteiger partial charge is 0.256 e. The molecule has 5 nitrogen and oxygen atoms in total. The Kier molecular flexibility index (Phi) is 5.11. The third kappa shape index (κ3) is 4.23. The van der Waals surface area contributed by atoms with Crippen LogP contribution in [-0.2, 0) is 4.79 Å². The van der Waals surface area contributed by atoms with E-state index in [1.807, 2.05) is 30.3 Å². The molecule has 1 heterocycles. The number of amides is 2. The largest absolute Gasteiger partial charge is 0.312 e. The minimum atomic E-state index is -0.271. The molecule has 3 aromatic rings. The van der Waals surface area contributed by atoms with Crippen LogP contribution in [0.25, 0.3) is 11.3 Å². The molecule has 1 aromatic heterocycles. The summed E-state index contributed by atoms with van der Waals surface area (Å²) < 4.78 is 0. The highest BCUT2D eigenvalue weighted by atomic mass is 35.5. The van der Waals surface area contributed by atoms with Crippen LogP contribution in [0.5, 0.6) is 0 Å². The van der Waals surface area contributed by atoms with Gasteiger partial charge in [0.2, 0.25) is 5.91 Å². The first-order chi connectivity index (χ1) is 12.0. The van der Waals surface area contributed by atoms with Crippen molar-refractivity contribution in [3.63, 3.8) is 0 Å². The number of benzene rings is 2. The number of rotatable bonds is 4. The Bertz CT molecular complexity index is 908. The van der Waals surface area contributed by atoms with Crippen LogP contribution < -0.4 is 10.6 Å². The average Bonchev–Trinajstić information content (AvgIpc) is 2.97. The van der Waals surface area contributed by atoms with Crippen molar-refractivity contribution in [2.45, 2.75) is 6.92 Å². The van der Waals surface area contributed by atoms with Crippen molar-refractivity contribution >= 4 is 44.9 Å². The number of carbonyl (C=O) groups is 2. The van der Waals surface area contributed by atoms with E-state index in [2.05, 4.69) is 15.6 Å². The molecule has 25 heavy (non-hydrogen) atoms. The van der Waals surface area contributed by atoms with Crippen LogP contribution in [0.15, 0.2) is 54.6 Å². The highest BCUT2D eigenvalue weighted by Gasteiger charge is 2.17. The second kappa shape index (κ2) is 7.46. The van der Waals surface area contributed by atoms with E-state index in [-0.39, 0.29) is 11.8 Å². The summed E-state index contributed by atoms with van der Waals surface area (Å²) in [4.78, 5) is 28.2. The number of hydrogen-bond acceptors (Lipinski definition) is 4. The summed E-state index contributed by atoms with van der Waals surface area (Å²) in [6, 6.07) is 16.1. The van der Waals surface area contributed by atoms with Gasteiger partial charge in [-0.05, 0) is 24.3 Å². The normalized spacial score (nSPS) is 10.3. The van der Waals surface area contributed by atoms with E-state index in [4.69, 9.17) is 11.6 Å². The maximum absolute atomic E-state index is 12.5. The summed E-state index contributed by atoms with van der Waals surface area (Å²) in [5.74, 6) is -0.490. The Morgan fingerprint density at radius 3 is 2.32 bits per heavy atom. The number of hydrogen-bond donors (Lipinski definition) is 2. The summed E-state index contributed by atoms with van der Waals surface area (Å²) in [5.41, 5.74) is 1.94. The predicted molar refractivity (Wildman–Crippen MR) is 101 cm³/mol. The maximum Gasteiger partial charge on any atom is 0.256 e. The highest BCUT2D eigenvalue weighted by molar-refractivity contribution is 7.20. The monoisotopic (exact) mass is 371 g/mol. The first-order valence-electron chi connectivity index (χ1n) is 7.43. The van der Waals surface area contributed by atoms with Crippen LogP contribution in [0, 0.1) is 0 Å². The van der Waals surface area contributed by atoms with Crippen LogP contribution in [0.4, 0.5) is 10.1 Å². The average molecular weight is 372 g/mol. The number of nitrogens with one attached hydrogen (secondary N) is 2. The van der Waals surface area contributed by atoms with Gasteiger partial charge >= 0.3 is 0 Å². The molecule has 0 atom stereocenters. The molecule has 0 aliphatic carbocycles. The number of anilines is 2. The van der Waals surface area contributed by atoms with Gasteiger partial charge in [0, 0.05) is 23.1 Å². The van der Waals surface area contributed by atoms with E-state index in [9.17, 15) is 9.59 Å². The summed E-state index contributed by atoms with van der Waals surface area (Å²) in [7, 11) is 0. The van der Waals surface area contributed by atoms with Gasteiger partial charge in [-0.2, -0.15) is 0 Å². The summed E-state index contributed by atoms with van der Waals surface area (Å²) in [5, 5.41) is 7.07. The van der Waals surface area contributed by atoms with Crippen molar-refractivity contribution in [3.05, 3.63) is 65.2 Å². The van der Waals surface area contributed by atoms with Gasteiger partial charge in [-0.1, -0.05) is 53.3 Å². The van der Waals surface area contributed by atoms with Crippen molar-refractivity contribution < 1.29 is 9.59 Å². The second-order valence-electron chi connectivity index (χ2n) is 5.20. The molecule has 0 bridgehead atoms. The van der Waals surface area contributed by atoms with Gasteiger partial charge in [-0.3, -0.25) is 9.59 Å². The fraction of sp³-hybridized carbons (Fsp3) is 0.0556. The molecule has 0 unspecified atom stereocenters. The topological polar surface area (TPSA) is 71.1 Å². The fourth-order valence-electron chi connectivity index (χ4n) is 2.18. The van der Waals surface area contributed by atoms with Crippen LogP contribution in [0.1, 0.15) is 17.3 Å². The van der Waals surface area contributed by atoms with Crippen LogP contribution in [-0.4, -0.2) is 16.8 Å². The Morgan fingerprint density at radius 2 is 1.68 bits per heavy atom. The van der Waals surface area contributed by atoms with E-state index in [1.165, 1.54) is 18.3 Å². The third-order valence-corrected chi connectivity index (χ3v) is 4.43. The lowest BCUT2D eigenvalue weighted by Crippen LogP contribution is -2.11. The molecule has 0 saturated carbocycles. The van der Waals surface area contributed by atoms with E-state index >= 15 is 0 Å². The molecule has 3 rings (SSSR count). The molecule has 2 amide bonds. The zero-order valence-corrected chi connectivity index (χ0v) is 14.8. The summed E-state index contributed by atoms with van der Waals surface area (Å²) in [6.45, 7) is 1.41. The first-order valence-corrected chi connectivity index (χ1v) is 8.63. The van der Waals surface area contributed by atoms with Gasteiger partial charge in [-0.25, -0.2) is 4.98 Å². The zero-order valence-electron chi connectivity index (χ0n) is 13.2. The molecule has 2 N–H and O–H groups in total. The molecule has 2 aromatic carbocycles. The summed E-state index contributed by atoms with van der Waals surface area (Å²) in [6.07, 6.45) is 0. The van der Waals surface area contributed by atoms with Gasteiger partial charge in [0.15, 0.2) is 5.13 Å². The molecule has 126 valence electrons. The number of aromatic nitrogens is 1. The van der Waals surface area contributed by atoms with Crippen molar-refractivity contribution in [1.29, 1.82) is 0 Å². The Balaban J connectivity index is 1.93. The Hall–Kier alpha value is -2.70. The lowest BCUT2D eigenvalue weighted by atomic mass is 10.1. The molecular weight excluding hydrogens is 358 g/mol. The number of carbonyl (C=O) groups excluding carboxylic acids is 2. The fourth-order valence-corrected chi connectivity index (χ4v) is 3.23. The lowest BCUT2D eigenvalue weighted by molar-refractivity contribution is -0.114. The molecule has 7 heteroatoms. The molecular formula is C18H14ClN3O2S. The number of halogens is 1. The quantitative estimate of drug-likeness (QED) is 0.699. The van der Waals surface area contributed by atoms with Crippen molar-refractivity contribution in [1.82, 2.24) is 4.98 Å². The van der Waals surface area contributed by atoms with Crippen LogP contribution in [0.3, 0.4) is 0 Å². The van der Waals surface area contributed by atoms with E-state index in [0.29, 0.717) is 26.4 Å². The molecule has 0 radical (unpaired) electrons. The van der Waals surface area contributed by atoms with Gasteiger partial charge < -0.3 is 10.6 Å².